The van der Waals surface area contributed by atoms with Crippen molar-refractivity contribution in [2.45, 2.75) is 46.4 Å². The molecule has 132 valence electrons. The number of nitrogens with one attached hydrogen (secondary N) is 1. The van der Waals surface area contributed by atoms with Crippen molar-refractivity contribution >= 4 is 26.8 Å². The molecule has 0 saturated heterocycles. The van der Waals surface area contributed by atoms with Crippen LogP contribution in [0.4, 0.5) is 5.69 Å². The summed E-state index contributed by atoms with van der Waals surface area (Å²) >= 11 is 0. The van der Waals surface area contributed by atoms with Gasteiger partial charge in [0.2, 0.25) is 0 Å². The predicted octanol–water partition coefficient (Wildman–Crippen LogP) is 4.48. The van der Waals surface area contributed by atoms with Gasteiger partial charge in [-0.25, -0.2) is 13.4 Å². The highest BCUT2D eigenvalue weighted by atomic mass is 32.2. The number of aryl methyl sites for hydroxylation is 1. The Morgan fingerprint density at radius 1 is 0.880 bits per heavy atom. The Hall–Kier alpha value is -2.34. The highest BCUT2D eigenvalue weighted by Gasteiger charge is 2.24. The Kier molecular flexibility index (Phi) is 4.11. The summed E-state index contributed by atoms with van der Waals surface area (Å²) in [4.78, 5) is 4.58. The maximum absolute atomic E-state index is 13.0. The average molecular weight is 358 g/mol. The molecule has 3 aromatic rings. The molecule has 0 amide bonds. The Bertz CT molecular complexity index is 1070. The monoisotopic (exact) mass is 358 g/mol. The van der Waals surface area contributed by atoms with E-state index in [9.17, 15) is 8.42 Å². The lowest BCUT2D eigenvalue weighted by atomic mass is 9.95. The van der Waals surface area contributed by atoms with E-state index in [1.54, 1.807) is 25.1 Å². The van der Waals surface area contributed by atoms with Crippen LogP contribution in [0, 0.1) is 41.5 Å². The largest absolute Gasteiger partial charge is 0.441 e. The highest BCUT2D eigenvalue weighted by Crippen LogP contribution is 2.31. The number of anilines is 1. The topological polar surface area (TPSA) is 72.2 Å². The molecule has 0 unspecified atom stereocenters. The maximum atomic E-state index is 13.0. The molecule has 5 nitrogen and oxygen atoms in total. The molecule has 0 spiro atoms. The van der Waals surface area contributed by atoms with Gasteiger partial charge in [-0.3, -0.25) is 4.72 Å². The van der Waals surface area contributed by atoms with E-state index in [1.165, 1.54) is 0 Å². The molecule has 0 aliphatic rings. The maximum Gasteiger partial charge on any atom is 0.262 e. The van der Waals surface area contributed by atoms with E-state index in [1.807, 2.05) is 34.6 Å². The van der Waals surface area contributed by atoms with Crippen LogP contribution in [0.1, 0.15) is 33.7 Å². The van der Waals surface area contributed by atoms with E-state index in [-0.39, 0.29) is 0 Å². The first-order valence-electron chi connectivity index (χ1n) is 8.09. The zero-order valence-corrected chi connectivity index (χ0v) is 16.1. The van der Waals surface area contributed by atoms with Crippen molar-refractivity contribution in [1.29, 1.82) is 0 Å². The summed E-state index contributed by atoms with van der Waals surface area (Å²) in [5, 5.41) is 0. The summed E-state index contributed by atoms with van der Waals surface area (Å²) in [5.41, 5.74) is 6.42. The molecular weight excluding hydrogens is 336 g/mol. The summed E-state index contributed by atoms with van der Waals surface area (Å²) < 4.78 is 34.2. The van der Waals surface area contributed by atoms with Gasteiger partial charge >= 0.3 is 0 Å². The van der Waals surface area contributed by atoms with Gasteiger partial charge < -0.3 is 4.42 Å². The number of oxazole rings is 1. The van der Waals surface area contributed by atoms with Crippen LogP contribution in [0.2, 0.25) is 0 Å². The van der Waals surface area contributed by atoms with Gasteiger partial charge in [0.15, 0.2) is 11.5 Å². The first-order valence-corrected chi connectivity index (χ1v) is 9.57. The molecule has 1 N–H and O–H groups in total. The van der Waals surface area contributed by atoms with Crippen LogP contribution < -0.4 is 4.72 Å². The van der Waals surface area contributed by atoms with E-state index < -0.39 is 10.0 Å². The molecule has 25 heavy (non-hydrogen) atoms. The van der Waals surface area contributed by atoms with Gasteiger partial charge in [0.1, 0.15) is 5.52 Å². The quantitative estimate of drug-likeness (QED) is 0.749. The number of nitrogens with zero attached hydrogens (tertiary/aromatic N) is 1. The summed E-state index contributed by atoms with van der Waals surface area (Å²) in [6.07, 6.45) is 0. The van der Waals surface area contributed by atoms with Gasteiger partial charge in [-0.1, -0.05) is 0 Å². The van der Waals surface area contributed by atoms with E-state index in [0.29, 0.717) is 27.6 Å². The fourth-order valence-corrected chi connectivity index (χ4v) is 4.83. The molecule has 3 rings (SSSR count). The van der Waals surface area contributed by atoms with Crippen LogP contribution in [-0.4, -0.2) is 13.4 Å². The number of hydrogen-bond acceptors (Lipinski definition) is 4. The van der Waals surface area contributed by atoms with Crippen LogP contribution in [-0.2, 0) is 10.0 Å². The minimum absolute atomic E-state index is 0.349. The molecule has 6 heteroatoms. The van der Waals surface area contributed by atoms with Crippen molar-refractivity contribution in [1.82, 2.24) is 4.98 Å². The number of hydrogen-bond donors (Lipinski definition) is 1. The fourth-order valence-electron chi connectivity index (χ4n) is 3.18. The van der Waals surface area contributed by atoms with Gasteiger partial charge in [0.05, 0.1) is 10.6 Å². The predicted molar refractivity (Wildman–Crippen MR) is 99.7 cm³/mol. The molecule has 1 aromatic heterocycles. The highest BCUT2D eigenvalue weighted by molar-refractivity contribution is 7.92. The van der Waals surface area contributed by atoms with E-state index in [4.69, 9.17) is 4.42 Å². The normalized spacial score (nSPS) is 11.9. The summed E-state index contributed by atoms with van der Waals surface area (Å²) in [6.45, 7) is 11.4. The third-order valence-corrected chi connectivity index (χ3v) is 6.60. The van der Waals surface area contributed by atoms with Crippen molar-refractivity contribution < 1.29 is 12.8 Å². The smallest absolute Gasteiger partial charge is 0.262 e. The van der Waals surface area contributed by atoms with E-state index >= 15 is 0 Å². The zero-order valence-electron chi connectivity index (χ0n) is 15.3. The molecule has 0 radical (unpaired) electrons. The Balaban J connectivity index is 2.10. The number of rotatable bonds is 3. The van der Waals surface area contributed by atoms with Crippen LogP contribution in [0.15, 0.2) is 27.5 Å². The molecule has 1 heterocycles. The molecule has 0 fully saturated rings. The molecule has 0 atom stereocenters. The lowest BCUT2D eigenvalue weighted by Crippen LogP contribution is -2.17. The van der Waals surface area contributed by atoms with E-state index in [0.717, 1.165) is 27.8 Å². The summed E-state index contributed by atoms with van der Waals surface area (Å²) in [5.74, 6) is 0.548. The van der Waals surface area contributed by atoms with Crippen LogP contribution >= 0.6 is 0 Å². The molecule has 2 aromatic carbocycles. The minimum atomic E-state index is -3.71. The van der Waals surface area contributed by atoms with Gasteiger partial charge in [0, 0.05) is 13.0 Å². The van der Waals surface area contributed by atoms with Gasteiger partial charge in [-0.2, -0.15) is 0 Å². The van der Waals surface area contributed by atoms with Crippen molar-refractivity contribution in [2.24, 2.45) is 0 Å². The van der Waals surface area contributed by atoms with Crippen molar-refractivity contribution in [3.05, 3.63) is 51.9 Å². The second kappa shape index (κ2) is 5.88. The van der Waals surface area contributed by atoms with Crippen molar-refractivity contribution in [3.63, 3.8) is 0 Å². The summed E-state index contributed by atoms with van der Waals surface area (Å²) in [6, 6.07) is 5.10. The average Bonchev–Trinajstić information content (AvgIpc) is 2.89. The van der Waals surface area contributed by atoms with Gasteiger partial charge in [-0.15, -0.1) is 0 Å². The Morgan fingerprint density at radius 3 is 2.04 bits per heavy atom. The number of fused-ring (bicyclic) bond motifs is 1. The third kappa shape index (κ3) is 2.91. The first kappa shape index (κ1) is 17.5. The first-order chi connectivity index (χ1) is 11.6. The van der Waals surface area contributed by atoms with Crippen molar-refractivity contribution in [2.75, 3.05) is 4.72 Å². The van der Waals surface area contributed by atoms with Crippen LogP contribution in [0.5, 0.6) is 0 Å². The minimum Gasteiger partial charge on any atom is -0.441 e. The lowest BCUT2D eigenvalue weighted by Gasteiger charge is -2.19. The standard InChI is InChI=1S/C19H22N2O3S/c1-10-11(2)13(4)19(14(5)12(10)3)25(22,23)21-16-7-8-17-18(9-16)24-15(6)20-17/h7-9,21H,1-6H3. The van der Waals surface area contributed by atoms with Crippen LogP contribution in [0.3, 0.4) is 0 Å². The van der Waals surface area contributed by atoms with Gasteiger partial charge in [-0.05, 0) is 74.6 Å². The number of sulfonamides is 1. The summed E-state index contributed by atoms with van der Waals surface area (Å²) in [7, 11) is -3.71. The second-order valence-electron chi connectivity index (χ2n) is 6.48. The molecule has 0 saturated carbocycles. The van der Waals surface area contributed by atoms with Crippen LogP contribution in [0.25, 0.3) is 11.1 Å². The second-order valence-corrected chi connectivity index (χ2v) is 8.09. The zero-order chi connectivity index (χ0) is 18.5. The Morgan fingerprint density at radius 2 is 1.44 bits per heavy atom. The Labute approximate surface area is 148 Å². The fraction of sp³-hybridized carbons (Fsp3) is 0.316. The van der Waals surface area contributed by atoms with E-state index in [2.05, 4.69) is 9.71 Å². The molecular formula is C19H22N2O3S. The SMILES string of the molecule is Cc1nc2ccc(NS(=O)(=O)c3c(C)c(C)c(C)c(C)c3C)cc2o1. The van der Waals surface area contributed by atoms with Gasteiger partial charge in [0.25, 0.3) is 10.0 Å². The lowest BCUT2D eigenvalue weighted by molar-refractivity contribution is 0.561. The molecule has 0 aliphatic carbocycles. The molecule has 0 bridgehead atoms. The number of benzene rings is 2. The number of aromatic nitrogens is 1. The van der Waals surface area contributed by atoms with Crippen molar-refractivity contribution in [3.8, 4) is 0 Å². The third-order valence-electron chi connectivity index (χ3n) is 4.95. The molecule has 0 aliphatic heterocycles.